The molecule has 4 nitrogen and oxygen atoms in total. The molecule has 0 spiro atoms. The number of phenolic OH excluding ortho intramolecular Hbond substituents is 2. The smallest absolute Gasteiger partial charge is 0.141 e. The lowest BCUT2D eigenvalue weighted by Crippen LogP contribution is -1.97. The molecular weight excluding hydrogens is 350 g/mol. The van der Waals surface area contributed by atoms with Crippen molar-refractivity contribution >= 4 is 0 Å². The van der Waals surface area contributed by atoms with Gasteiger partial charge in [0.25, 0.3) is 0 Å². The molecule has 1 heterocycles. The number of aromatic nitrogens is 1. The van der Waals surface area contributed by atoms with Crippen LogP contribution in [0.15, 0.2) is 83.4 Å². The molecule has 1 aromatic heterocycles. The Morgan fingerprint density at radius 2 is 1.32 bits per heavy atom. The van der Waals surface area contributed by atoms with Gasteiger partial charge in [0.05, 0.1) is 0 Å². The van der Waals surface area contributed by atoms with E-state index in [1.54, 1.807) is 24.3 Å². The molecule has 0 amide bonds. The predicted molar refractivity (Wildman–Crippen MR) is 108 cm³/mol. The Morgan fingerprint density at radius 3 is 2.00 bits per heavy atom. The Kier molecular flexibility index (Phi) is 5.11. The second-order valence-electron chi connectivity index (χ2n) is 6.81. The summed E-state index contributed by atoms with van der Waals surface area (Å²) in [6, 6.07) is 24.5. The van der Waals surface area contributed by atoms with Crippen LogP contribution >= 0.6 is 0 Å². The summed E-state index contributed by atoms with van der Waals surface area (Å²) < 4.78 is 5.74. The third kappa shape index (κ3) is 4.07. The van der Waals surface area contributed by atoms with Gasteiger partial charge in [0.15, 0.2) is 0 Å². The maximum absolute atomic E-state index is 9.58. The molecule has 0 aliphatic carbocycles. The lowest BCUT2D eigenvalue weighted by atomic mass is 9.97. The molecule has 3 aromatic carbocycles. The van der Waals surface area contributed by atoms with Crippen molar-refractivity contribution in [2.24, 2.45) is 0 Å². The van der Waals surface area contributed by atoms with E-state index in [0.29, 0.717) is 0 Å². The molecule has 2 N–H and O–H groups in total. The van der Waals surface area contributed by atoms with Crippen molar-refractivity contribution in [2.45, 2.75) is 19.3 Å². The topological polar surface area (TPSA) is 66.5 Å². The SMILES string of the molecule is Oc1ccc(CCc2onc(-c3ccc(O)cc3)c2Cc2ccccc2)cc1. The molecule has 0 aliphatic rings. The fraction of sp³-hybridized carbons (Fsp3) is 0.125. The van der Waals surface area contributed by atoms with E-state index in [1.807, 2.05) is 42.5 Å². The zero-order valence-corrected chi connectivity index (χ0v) is 15.4. The van der Waals surface area contributed by atoms with Crippen molar-refractivity contribution in [3.63, 3.8) is 0 Å². The highest BCUT2D eigenvalue weighted by atomic mass is 16.5. The van der Waals surface area contributed by atoms with E-state index in [1.165, 1.54) is 5.56 Å². The van der Waals surface area contributed by atoms with Gasteiger partial charge in [-0.15, -0.1) is 0 Å². The molecule has 4 aromatic rings. The normalized spacial score (nSPS) is 10.9. The molecular formula is C24H21NO3. The summed E-state index contributed by atoms with van der Waals surface area (Å²) in [5.74, 6) is 1.35. The number of aryl methyl sites for hydroxylation is 2. The Labute approximate surface area is 163 Å². The van der Waals surface area contributed by atoms with Gasteiger partial charge in [0, 0.05) is 24.0 Å². The first kappa shape index (κ1) is 17.9. The lowest BCUT2D eigenvalue weighted by molar-refractivity contribution is 0.383. The van der Waals surface area contributed by atoms with E-state index in [9.17, 15) is 10.2 Å². The quantitative estimate of drug-likeness (QED) is 0.493. The van der Waals surface area contributed by atoms with Gasteiger partial charge in [-0.1, -0.05) is 47.6 Å². The van der Waals surface area contributed by atoms with Crippen LogP contribution in [0.1, 0.15) is 22.5 Å². The Morgan fingerprint density at radius 1 is 0.679 bits per heavy atom. The van der Waals surface area contributed by atoms with Crippen molar-refractivity contribution in [2.75, 3.05) is 0 Å². The number of rotatable bonds is 6. The number of phenols is 2. The van der Waals surface area contributed by atoms with Crippen LogP contribution in [0.4, 0.5) is 0 Å². The van der Waals surface area contributed by atoms with Crippen molar-refractivity contribution in [3.05, 3.63) is 101 Å². The van der Waals surface area contributed by atoms with Crippen LogP contribution in [-0.4, -0.2) is 15.4 Å². The van der Waals surface area contributed by atoms with Gasteiger partial charge >= 0.3 is 0 Å². The van der Waals surface area contributed by atoms with Gasteiger partial charge in [-0.25, -0.2) is 0 Å². The largest absolute Gasteiger partial charge is 0.508 e. The zero-order valence-electron chi connectivity index (χ0n) is 15.4. The van der Waals surface area contributed by atoms with Crippen molar-refractivity contribution in [1.29, 1.82) is 0 Å². The first-order valence-electron chi connectivity index (χ1n) is 9.28. The molecule has 28 heavy (non-hydrogen) atoms. The van der Waals surface area contributed by atoms with Gasteiger partial charge in [-0.05, 0) is 53.9 Å². The molecule has 0 saturated heterocycles. The van der Waals surface area contributed by atoms with E-state index in [4.69, 9.17) is 4.52 Å². The first-order chi connectivity index (χ1) is 13.7. The molecule has 0 aliphatic heterocycles. The maximum Gasteiger partial charge on any atom is 0.141 e. The Hall–Kier alpha value is -3.53. The monoisotopic (exact) mass is 371 g/mol. The highest BCUT2D eigenvalue weighted by molar-refractivity contribution is 5.65. The third-order valence-corrected chi connectivity index (χ3v) is 4.81. The van der Waals surface area contributed by atoms with Crippen LogP contribution in [0.25, 0.3) is 11.3 Å². The maximum atomic E-state index is 9.58. The molecule has 140 valence electrons. The van der Waals surface area contributed by atoms with Crippen LogP contribution in [-0.2, 0) is 19.3 Å². The fourth-order valence-corrected chi connectivity index (χ4v) is 3.29. The molecule has 0 fully saturated rings. The van der Waals surface area contributed by atoms with E-state index in [0.717, 1.165) is 47.4 Å². The van der Waals surface area contributed by atoms with Crippen LogP contribution in [0.5, 0.6) is 11.5 Å². The van der Waals surface area contributed by atoms with Gasteiger partial charge in [0.2, 0.25) is 0 Å². The summed E-state index contributed by atoms with van der Waals surface area (Å²) >= 11 is 0. The minimum Gasteiger partial charge on any atom is -0.508 e. The van der Waals surface area contributed by atoms with Gasteiger partial charge < -0.3 is 14.7 Å². The standard InChI is InChI=1S/C24H21NO3/c26-20-11-6-17(7-12-20)8-15-23-22(16-18-4-2-1-3-5-18)24(25-28-23)19-9-13-21(27)14-10-19/h1-7,9-14,26-27H,8,15-16H2. The molecule has 0 atom stereocenters. The minimum atomic E-state index is 0.226. The van der Waals surface area contributed by atoms with Crippen molar-refractivity contribution < 1.29 is 14.7 Å². The molecule has 4 rings (SSSR count). The average Bonchev–Trinajstić information content (AvgIpc) is 3.11. The number of hydrogen-bond donors (Lipinski definition) is 2. The summed E-state index contributed by atoms with van der Waals surface area (Å²) in [4.78, 5) is 0. The van der Waals surface area contributed by atoms with Crippen molar-refractivity contribution in [3.8, 4) is 22.8 Å². The predicted octanol–water partition coefficient (Wildman–Crippen LogP) is 5.13. The third-order valence-electron chi connectivity index (χ3n) is 4.81. The molecule has 4 heteroatoms. The molecule has 0 bridgehead atoms. The fourth-order valence-electron chi connectivity index (χ4n) is 3.29. The summed E-state index contributed by atoms with van der Waals surface area (Å²) in [7, 11) is 0. The van der Waals surface area contributed by atoms with Crippen LogP contribution < -0.4 is 0 Å². The number of aromatic hydroxyl groups is 2. The molecule has 0 unspecified atom stereocenters. The first-order valence-corrected chi connectivity index (χ1v) is 9.28. The summed E-state index contributed by atoms with van der Waals surface area (Å²) in [6.45, 7) is 0. The summed E-state index contributed by atoms with van der Waals surface area (Å²) in [5, 5.41) is 23.4. The Bertz CT molecular complexity index is 1040. The lowest BCUT2D eigenvalue weighted by Gasteiger charge is -2.06. The summed E-state index contributed by atoms with van der Waals surface area (Å²) in [6.07, 6.45) is 2.25. The average molecular weight is 371 g/mol. The van der Waals surface area contributed by atoms with Gasteiger partial charge in [-0.3, -0.25) is 0 Å². The summed E-state index contributed by atoms with van der Waals surface area (Å²) in [5.41, 5.74) is 5.12. The van der Waals surface area contributed by atoms with E-state index < -0.39 is 0 Å². The highest BCUT2D eigenvalue weighted by Gasteiger charge is 2.18. The number of hydrogen-bond acceptors (Lipinski definition) is 4. The Balaban J connectivity index is 1.65. The second kappa shape index (κ2) is 8.01. The zero-order chi connectivity index (χ0) is 19.3. The number of benzene rings is 3. The second-order valence-corrected chi connectivity index (χ2v) is 6.81. The number of nitrogens with zero attached hydrogens (tertiary/aromatic N) is 1. The molecule has 0 saturated carbocycles. The van der Waals surface area contributed by atoms with E-state index in [2.05, 4.69) is 17.3 Å². The molecule has 0 radical (unpaired) electrons. The van der Waals surface area contributed by atoms with E-state index in [-0.39, 0.29) is 11.5 Å². The van der Waals surface area contributed by atoms with Crippen LogP contribution in [0, 0.1) is 0 Å². The van der Waals surface area contributed by atoms with Crippen LogP contribution in [0.3, 0.4) is 0 Å². The minimum absolute atomic E-state index is 0.226. The van der Waals surface area contributed by atoms with Gasteiger partial charge in [-0.2, -0.15) is 0 Å². The van der Waals surface area contributed by atoms with Crippen LogP contribution in [0.2, 0.25) is 0 Å². The van der Waals surface area contributed by atoms with E-state index >= 15 is 0 Å². The van der Waals surface area contributed by atoms with Gasteiger partial charge in [0.1, 0.15) is 23.0 Å². The van der Waals surface area contributed by atoms with Crippen molar-refractivity contribution in [1.82, 2.24) is 5.16 Å². The highest BCUT2D eigenvalue weighted by Crippen LogP contribution is 2.30.